The molecule has 1 aliphatic rings. The zero-order chi connectivity index (χ0) is 24.7. The van der Waals surface area contributed by atoms with Crippen LogP contribution in [0.15, 0.2) is 55.1 Å². The third-order valence-corrected chi connectivity index (χ3v) is 5.71. The number of cyclic esters (lactones) is 1. The maximum absolute atomic E-state index is 14.9. The summed E-state index contributed by atoms with van der Waals surface area (Å²) >= 11 is 0. The summed E-state index contributed by atoms with van der Waals surface area (Å²) in [7, 11) is 0. The first-order valence-corrected chi connectivity index (χ1v) is 9.99. The molecule has 12 heteroatoms. The minimum absolute atomic E-state index is 0.108. The van der Waals surface area contributed by atoms with Gasteiger partial charge in [0, 0.05) is 17.2 Å². The highest BCUT2D eigenvalue weighted by Gasteiger charge is 2.52. The van der Waals surface area contributed by atoms with Crippen molar-refractivity contribution in [1.29, 1.82) is 0 Å². The first kappa shape index (κ1) is 23.3. The highest BCUT2D eigenvalue weighted by Crippen LogP contribution is 2.40. The van der Waals surface area contributed by atoms with E-state index in [1.807, 2.05) is 0 Å². The van der Waals surface area contributed by atoms with E-state index in [2.05, 4.69) is 10.1 Å². The smallest absolute Gasteiger partial charge is 0.416 e. The highest BCUT2D eigenvalue weighted by atomic mass is 19.4. The number of amides is 1. The number of esters is 1. The fourth-order valence-electron chi connectivity index (χ4n) is 3.98. The maximum Gasteiger partial charge on any atom is 0.416 e. The van der Waals surface area contributed by atoms with Crippen LogP contribution in [-0.4, -0.2) is 44.1 Å². The van der Waals surface area contributed by atoms with Crippen LogP contribution >= 0.6 is 0 Å². The van der Waals surface area contributed by atoms with Gasteiger partial charge in [0.1, 0.15) is 30.8 Å². The van der Waals surface area contributed by atoms with Crippen molar-refractivity contribution in [2.75, 3.05) is 6.54 Å². The lowest BCUT2D eigenvalue weighted by molar-refractivity contribution is -0.186. The van der Waals surface area contributed by atoms with Crippen LogP contribution in [-0.2, 0) is 27.9 Å². The first-order chi connectivity index (χ1) is 16.0. The molecule has 4 rings (SSSR count). The number of alkyl halides is 3. The summed E-state index contributed by atoms with van der Waals surface area (Å²) in [5.41, 5.74) is -3.08. The molecule has 34 heavy (non-hydrogen) atoms. The van der Waals surface area contributed by atoms with E-state index in [9.17, 15) is 31.5 Å². The predicted octanol–water partition coefficient (Wildman–Crippen LogP) is 3.56. The van der Waals surface area contributed by atoms with Crippen molar-refractivity contribution in [3.05, 3.63) is 83.4 Å². The van der Waals surface area contributed by atoms with E-state index in [1.165, 1.54) is 24.3 Å². The van der Waals surface area contributed by atoms with Crippen molar-refractivity contribution in [1.82, 2.24) is 19.7 Å². The van der Waals surface area contributed by atoms with E-state index in [4.69, 9.17) is 4.74 Å². The molecule has 0 aliphatic carbocycles. The van der Waals surface area contributed by atoms with Crippen LogP contribution in [0.1, 0.15) is 28.4 Å². The second-order valence-electron chi connectivity index (χ2n) is 7.76. The Hall–Kier alpha value is -3.83. The predicted molar refractivity (Wildman–Crippen MR) is 106 cm³/mol. The summed E-state index contributed by atoms with van der Waals surface area (Å²) in [4.78, 5) is 30.7. The Balaban J connectivity index is 1.77. The molecule has 0 saturated carbocycles. The van der Waals surface area contributed by atoms with Crippen LogP contribution in [0, 0.1) is 11.6 Å². The van der Waals surface area contributed by atoms with Gasteiger partial charge >= 0.3 is 12.1 Å². The minimum atomic E-state index is -4.59. The number of morpholine rings is 1. The standard InChI is InChI=1S/C22H17F5N4O3/c1-13-21(10-30-12-28-11-29-30,17-7-6-16(23)8-18(17)24)34-19(32)9-31(13)20(33)14-2-4-15(5-3-14)22(25,26)27/h2-8,11-13H,9-10H2,1H3. The second-order valence-corrected chi connectivity index (χ2v) is 7.76. The lowest BCUT2D eigenvalue weighted by Gasteiger charge is -2.47. The quantitative estimate of drug-likeness (QED) is 0.422. The Kier molecular flexibility index (Phi) is 5.84. The number of nitrogens with zero attached hydrogens (tertiary/aromatic N) is 4. The van der Waals surface area contributed by atoms with Gasteiger partial charge in [0.05, 0.1) is 18.2 Å². The summed E-state index contributed by atoms with van der Waals surface area (Å²) in [5, 5.41) is 3.96. The Bertz CT molecular complexity index is 1210. The minimum Gasteiger partial charge on any atom is -0.449 e. The van der Waals surface area contributed by atoms with E-state index in [0.29, 0.717) is 6.07 Å². The molecule has 1 saturated heterocycles. The number of halogens is 5. The Labute approximate surface area is 189 Å². The van der Waals surface area contributed by atoms with E-state index < -0.39 is 53.4 Å². The number of hydrogen-bond acceptors (Lipinski definition) is 5. The van der Waals surface area contributed by atoms with Crippen molar-refractivity contribution in [2.24, 2.45) is 0 Å². The van der Waals surface area contributed by atoms with Crippen LogP contribution in [0.5, 0.6) is 0 Å². The second kappa shape index (κ2) is 8.50. The monoisotopic (exact) mass is 480 g/mol. The highest BCUT2D eigenvalue weighted by molar-refractivity contribution is 5.96. The van der Waals surface area contributed by atoms with Gasteiger partial charge in [0.25, 0.3) is 5.91 Å². The van der Waals surface area contributed by atoms with Crippen LogP contribution in [0.2, 0.25) is 0 Å². The molecule has 178 valence electrons. The summed E-state index contributed by atoms with van der Waals surface area (Å²) in [6, 6.07) is 5.19. The zero-order valence-corrected chi connectivity index (χ0v) is 17.6. The molecule has 2 heterocycles. The Morgan fingerprint density at radius 3 is 2.47 bits per heavy atom. The Morgan fingerprint density at radius 2 is 1.88 bits per heavy atom. The van der Waals surface area contributed by atoms with Gasteiger partial charge in [-0.1, -0.05) is 0 Å². The van der Waals surface area contributed by atoms with E-state index in [0.717, 1.165) is 41.3 Å². The number of hydrogen-bond donors (Lipinski definition) is 0. The van der Waals surface area contributed by atoms with Crippen LogP contribution in [0.25, 0.3) is 0 Å². The molecule has 7 nitrogen and oxygen atoms in total. The molecule has 1 aliphatic heterocycles. The van der Waals surface area contributed by atoms with E-state index in [-0.39, 0.29) is 17.7 Å². The molecular weight excluding hydrogens is 463 g/mol. The number of rotatable bonds is 4. The third-order valence-electron chi connectivity index (χ3n) is 5.71. The van der Waals surface area contributed by atoms with Gasteiger partial charge < -0.3 is 9.64 Å². The molecule has 0 N–H and O–H groups in total. The molecule has 1 aromatic heterocycles. The van der Waals surface area contributed by atoms with Gasteiger partial charge in [-0.3, -0.25) is 9.59 Å². The van der Waals surface area contributed by atoms with Gasteiger partial charge in [-0.05, 0) is 43.3 Å². The van der Waals surface area contributed by atoms with Crippen molar-refractivity contribution in [3.63, 3.8) is 0 Å². The fourth-order valence-corrected chi connectivity index (χ4v) is 3.98. The SMILES string of the molecule is CC1N(C(=O)c2ccc(C(F)(F)F)cc2)CC(=O)OC1(Cn1cncn1)c1ccc(F)cc1F. The van der Waals surface area contributed by atoms with Crippen molar-refractivity contribution < 1.29 is 36.3 Å². The lowest BCUT2D eigenvalue weighted by atomic mass is 9.83. The van der Waals surface area contributed by atoms with Crippen LogP contribution in [0.4, 0.5) is 22.0 Å². The summed E-state index contributed by atoms with van der Waals surface area (Å²) in [6.07, 6.45) is -2.09. The summed E-state index contributed by atoms with van der Waals surface area (Å²) in [5.74, 6) is -3.52. The number of aromatic nitrogens is 3. The van der Waals surface area contributed by atoms with Gasteiger partial charge in [-0.25, -0.2) is 18.4 Å². The maximum atomic E-state index is 14.9. The fraction of sp³-hybridized carbons (Fsp3) is 0.273. The average molecular weight is 480 g/mol. The largest absolute Gasteiger partial charge is 0.449 e. The number of carbonyl (C=O) groups excluding carboxylic acids is 2. The van der Waals surface area contributed by atoms with E-state index >= 15 is 0 Å². The third kappa shape index (κ3) is 4.22. The summed E-state index contributed by atoms with van der Waals surface area (Å²) < 4.78 is 74.1. The molecule has 1 amide bonds. The van der Waals surface area contributed by atoms with Crippen LogP contribution < -0.4 is 0 Å². The molecule has 2 aromatic carbocycles. The van der Waals surface area contributed by atoms with E-state index in [1.54, 1.807) is 0 Å². The van der Waals surface area contributed by atoms with Crippen molar-refractivity contribution >= 4 is 11.9 Å². The van der Waals surface area contributed by atoms with Gasteiger partial charge in [0.2, 0.25) is 0 Å². The normalized spacial score (nSPS) is 20.8. The molecule has 0 spiro atoms. The zero-order valence-electron chi connectivity index (χ0n) is 17.6. The average Bonchev–Trinajstić information content (AvgIpc) is 3.28. The number of carbonyl (C=O) groups is 2. The van der Waals surface area contributed by atoms with Crippen LogP contribution in [0.3, 0.4) is 0 Å². The Morgan fingerprint density at radius 1 is 1.18 bits per heavy atom. The van der Waals surface area contributed by atoms with Gasteiger partial charge in [0.15, 0.2) is 5.60 Å². The van der Waals surface area contributed by atoms with Crippen molar-refractivity contribution in [2.45, 2.75) is 31.3 Å². The molecule has 0 radical (unpaired) electrons. The topological polar surface area (TPSA) is 77.3 Å². The number of ether oxygens (including phenoxy) is 1. The molecule has 0 bridgehead atoms. The van der Waals surface area contributed by atoms with Gasteiger partial charge in [-0.15, -0.1) is 0 Å². The molecule has 2 atom stereocenters. The number of benzene rings is 2. The van der Waals surface area contributed by atoms with Crippen molar-refractivity contribution in [3.8, 4) is 0 Å². The van der Waals surface area contributed by atoms with Gasteiger partial charge in [-0.2, -0.15) is 18.3 Å². The first-order valence-electron chi connectivity index (χ1n) is 9.99. The lowest BCUT2D eigenvalue weighted by Crippen LogP contribution is -2.61. The molecule has 3 aromatic rings. The molecular formula is C22H17F5N4O3. The molecule has 2 unspecified atom stereocenters. The molecule has 1 fully saturated rings. The summed E-state index contributed by atoms with van der Waals surface area (Å²) in [6.45, 7) is 0.705.